The molecule has 2 aromatic heterocycles. The Bertz CT molecular complexity index is 1910. The van der Waals surface area contributed by atoms with Gasteiger partial charge in [0.05, 0.1) is 37.7 Å². The molecule has 1 aliphatic heterocycles. The average Bonchev–Trinajstić information content (AvgIpc) is 3.96. The first-order chi connectivity index (χ1) is 24.6. The molecule has 2 saturated carbocycles. The Balaban J connectivity index is 1.08. The predicted molar refractivity (Wildman–Crippen MR) is 194 cm³/mol. The minimum Gasteiger partial charge on any atom is -0.496 e. The third kappa shape index (κ3) is 6.31. The summed E-state index contributed by atoms with van der Waals surface area (Å²) in [5, 5.41) is 2.70. The highest BCUT2D eigenvalue weighted by Crippen LogP contribution is 2.57. The van der Waals surface area contributed by atoms with E-state index >= 15 is 0 Å². The van der Waals surface area contributed by atoms with E-state index in [1.165, 1.54) is 7.11 Å². The van der Waals surface area contributed by atoms with Gasteiger partial charge in [0, 0.05) is 35.3 Å². The smallest absolute Gasteiger partial charge is 0.407 e. The zero-order valence-electron chi connectivity index (χ0n) is 30.1. The van der Waals surface area contributed by atoms with Crippen molar-refractivity contribution in [2.75, 3.05) is 20.8 Å². The summed E-state index contributed by atoms with van der Waals surface area (Å²) in [6.07, 6.45) is 10.3. The van der Waals surface area contributed by atoms with Crippen molar-refractivity contribution in [3.63, 3.8) is 0 Å². The van der Waals surface area contributed by atoms with Gasteiger partial charge in [0.25, 0.3) is 0 Å². The standard InChI is InChI=1S/C40H48N6O5/c1-23(2)35(45-39(49)51-5)38(48)46-19-7-9-31(46)30-21-41-37(43-30)29-15-14-28(20-32(29)50-4)25-10-12-27(13-11-25)36-42-22-33(44-36)40-17-6-8-26(16-18-40)34(40)24(3)47/h10-15,20-23,26,31,34-35H,6-9,16-19H2,1-5H3,(H,41,43)(H,42,44)(H,45,49)/t26?,31-,34?,35-,40?/m0/s1. The molecule has 0 radical (unpaired) electrons. The number of carbonyl (C=O) groups is 3. The van der Waals surface area contributed by atoms with E-state index < -0.39 is 12.1 Å². The van der Waals surface area contributed by atoms with Crippen molar-refractivity contribution in [3.05, 3.63) is 66.2 Å². The van der Waals surface area contributed by atoms with Crippen LogP contribution in [0.4, 0.5) is 4.79 Å². The van der Waals surface area contributed by atoms with Gasteiger partial charge in [-0.15, -0.1) is 0 Å². The molecule has 1 saturated heterocycles. The molecule has 2 aromatic carbocycles. The lowest BCUT2D eigenvalue weighted by Crippen LogP contribution is -2.51. The topological polar surface area (TPSA) is 142 Å². The van der Waals surface area contributed by atoms with Crippen molar-refractivity contribution in [1.82, 2.24) is 30.2 Å². The number of benzene rings is 2. The lowest BCUT2D eigenvalue weighted by molar-refractivity contribution is -0.135. The molecule has 11 nitrogen and oxygen atoms in total. The van der Waals surface area contributed by atoms with Gasteiger partial charge in [0.2, 0.25) is 5.91 Å². The summed E-state index contributed by atoms with van der Waals surface area (Å²) in [7, 11) is 2.94. The van der Waals surface area contributed by atoms with Gasteiger partial charge in [-0.05, 0) is 80.5 Å². The van der Waals surface area contributed by atoms with E-state index in [9.17, 15) is 14.4 Å². The second-order valence-corrected chi connectivity index (χ2v) is 14.8. The van der Waals surface area contributed by atoms with E-state index in [1.807, 2.05) is 37.1 Å². The molecule has 0 spiro atoms. The van der Waals surface area contributed by atoms with E-state index in [0.717, 1.165) is 84.4 Å². The molecule has 2 amide bonds. The van der Waals surface area contributed by atoms with Crippen LogP contribution in [0.1, 0.15) is 83.1 Å². The minimum absolute atomic E-state index is 0.0913. The molecule has 5 atom stereocenters. The van der Waals surface area contributed by atoms with Crippen LogP contribution in [0.3, 0.4) is 0 Å². The number of rotatable bonds is 10. The Morgan fingerprint density at radius 1 is 0.902 bits per heavy atom. The molecule has 51 heavy (non-hydrogen) atoms. The minimum atomic E-state index is -0.685. The summed E-state index contributed by atoms with van der Waals surface area (Å²) in [4.78, 5) is 56.6. The van der Waals surface area contributed by atoms with E-state index in [0.29, 0.717) is 29.8 Å². The van der Waals surface area contributed by atoms with Crippen LogP contribution in [0.2, 0.25) is 0 Å². The van der Waals surface area contributed by atoms with Crippen molar-refractivity contribution in [2.45, 2.75) is 83.2 Å². The Hall–Kier alpha value is -4.93. The van der Waals surface area contributed by atoms with Crippen molar-refractivity contribution in [1.29, 1.82) is 0 Å². The van der Waals surface area contributed by atoms with Gasteiger partial charge in [-0.1, -0.05) is 50.6 Å². The number of nitrogens with one attached hydrogen (secondary N) is 3. The van der Waals surface area contributed by atoms with Crippen LogP contribution in [0.15, 0.2) is 54.9 Å². The number of hydrogen-bond donors (Lipinski definition) is 3. The molecular weight excluding hydrogens is 644 g/mol. The highest BCUT2D eigenvalue weighted by molar-refractivity contribution is 5.86. The molecule has 2 bridgehead atoms. The quantitative estimate of drug-likeness (QED) is 0.159. The van der Waals surface area contributed by atoms with E-state index in [1.54, 1.807) is 20.2 Å². The number of ketones is 1. The highest BCUT2D eigenvalue weighted by Gasteiger charge is 2.54. The predicted octanol–water partition coefficient (Wildman–Crippen LogP) is 7.22. The molecule has 2 aliphatic carbocycles. The second kappa shape index (κ2) is 14.0. The highest BCUT2D eigenvalue weighted by atomic mass is 16.5. The van der Waals surface area contributed by atoms with E-state index in [4.69, 9.17) is 19.4 Å². The van der Waals surface area contributed by atoms with Crippen molar-refractivity contribution >= 4 is 17.8 Å². The molecule has 268 valence electrons. The number of Topliss-reactive ketones (excluding diaryl/α,β-unsaturated/α-hetero) is 1. The Kier molecular flexibility index (Phi) is 9.48. The number of fused-ring (bicyclic) bond motifs is 2. The fourth-order valence-electron chi connectivity index (χ4n) is 9.13. The first kappa shape index (κ1) is 34.5. The first-order valence-corrected chi connectivity index (χ1v) is 18.2. The molecule has 3 heterocycles. The summed E-state index contributed by atoms with van der Waals surface area (Å²) in [5.74, 6) is 2.82. The third-order valence-electron chi connectivity index (χ3n) is 11.6. The molecule has 7 rings (SSSR count). The van der Waals surface area contributed by atoms with Crippen molar-refractivity contribution in [2.24, 2.45) is 17.8 Å². The Labute approximate surface area is 298 Å². The van der Waals surface area contributed by atoms with Gasteiger partial charge in [-0.2, -0.15) is 0 Å². The summed E-state index contributed by atoms with van der Waals surface area (Å²) < 4.78 is 10.6. The van der Waals surface area contributed by atoms with Gasteiger partial charge >= 0.3 is 6.09 Å². The summed E-state index contributed by atoms with van der Waals surface area (Å²) >= 11 is 0. The number of nitrogens with zero attached hydrogens (tertiary/aromatic N) is 3. The number of ether oxygens (including phenoxy) is 2. The van der Waals surface area contributed by atoms with Gasteiger partial charge < -0.3 is 29.7 Å². The van der Waals surface area contributed by atoms with Crippen LogP contribution < -0.4 is 10.1 Å². The number of methoxy groups -OCH3 is 2. The van der Waals surface area contributed by atoms with Crippen LogP contribution in [-0.4, -0.2) is 69.4 Å². The van der Waals surface area contributed by atoms with E-state index in [-0.39, 0.29) is 29.2 Å². The number of alkyl carbamates (subject to hydrolysis) is 1. The van der Waals surface area contributed by atoms with Crippen molar-refractivity contribution in [3.8, 4) is 39.7 Å². The number of likely N-dealkylation sites (tertiary alicyclic amines) is 1. The maximum absolute atomic E-state index is 13.6. The Morgan fingerprint density at radius 3 is 2.37 bits per heavy atom. The molecule has 3 aliphatic rings. The SMILES string of the molecule is COC(=O)N[C@H](C(=O)N1CCC[C@H]1c1cnc(-c2ccc(-c3ccc(-c4ncc(C56CCCC(CC5)C6C(C)=O)[nH]4)cc3)cc2OC)[nH]1)C(C)C. The maximum atomic E-state index is 13.6. The number of hydrogen-bond acceptors (Lipinski definition) is 7. The van der Waals surface area contributed by atoms with Gasteiger partial charge in [0.1, 0.15) is 29.2 Å². The molecular formula is C40H48N6O5. The third-order valence-corrected chi connectivity index (χ3v) is 11.6. The summed E-state index contributed by atoms with van der Waals surface area (Å²) in [6.45, 7) is 6.17. The number of aromatic nitrogens is 4. The first-order valence-electron chi connectivity index (χ1n) is 18.2. The molecule has 3 fully saturated rings. The maximum Gasteiger partial charge on any atom is 0.407 e. The van der Waals surface area contributed by atoms with Gasteiger partial charge in [-0.3, -0.25) is 9.59 Å². The van der Waals surface area contributed by atoms with Crippen LogP contribution in [0.25, 0.3) is 33.9 Å². The molecule has 4 aromatic rings. The summed E-state index contributed by atoms with van der Waals surface area (Å²) in [5.41, 5.74) is 5.69. The van der Waals surface area contributed by atoms with E-state index in [2.05, 4.69) is 45.6 Å². The number of amides is 2. The average molecular weight is 693 g/mol. The number of H-pyrrole nitrogens is 2. The van der Waals surface area contributed by atoms with Crippen LogP contribution in [0, 0.1) is 17.8 Å². The Morgan fingerprint density at radius 2 is 1.65 bits per heavy atom. The second-order valence-electron chi connectivity index (χ2n) is 14.8. The molecule has 11 heteroatoms. The number of carbonyl (C=O) groups excluding carboxylic acids is 3. The van der Waals surface area contributed by atoms with Gasteiger partial charge in [0.15, 0.2) is 0 Å². The monoisotopic (exact) mass is 692 g/mol. The lowest BCUT2D eigenvalue weighted by Gasteiger charge is -2.39. The fraction of sp³-hybridized carbons (Fsp3) is 0.475. The normalized spacial score (nSPS) is 23.3. The lowest BCUT2D eigenvalue weighted by atomic mass is 9.64. The molecule has 3 N–H and O–H groups in total. The molecule has 3 unspecified atom stereocenters. The van der Waals surface area contributed by atoms with Crippen molar-refractivity contribution < 1.29 is 23.9 Å². The number of aromatic amines is 2. The number of imidazole rings is 2. The largest absolute Gasteiger partial charge is 0.496 e. The zero-order chi connectivity index (χ0) is 35.9. The summed E-state index contributed by atoms with van der Waals surface area (Å²) in [6, 6.07) is 13.5. The van der Waals surface area contributed by atoms with Crippen LogP contribution in [0.5, 0.6) is 5.75 Å². The van der Waals surface area contributed by atoms with Gasteiger partial charge in [-0.25, -0.2) is 14.8 Å². The van der Waals surface area contributed by atoms with Crippen LogP contribution >= 0.6 is 0 Å². The van der Waals surface area contributed by atoms with Crippen LogP contribution in [-0.2, 0) is 19.7 Å². The fourth-order valence-corrected chi connectivity index (χ4v) is 9.13. The zero-order valence-corrected chi connectivity index (χ0v) is 30.1.